The molecular formula is C42H25NO2. The minimum absolute atomic E-state index is 0.862. The monoisotopic (exact) mass is 575 g/mol. The topological polar surface area (TPSA) is 29.5 Å². The van der Waals surface area contributed by atoms with Crippen LogP contribution in [0.25, 0.3) is 76.2 Å². The first-order valence-electron chi connectivity index (χ1n) is 15.3. The lowest BCUT2D eigenvalue weighted by Crippen LogP contribution is -2.09. The first kappa shape index (κ1) is 24.4. The minimum Gasteiger partial charge on any atom is -0.456 e. The molecule has 0 saturated heterocycles. The Kier molecular flexibility index (Phi) is 5.00. The molecule has 2 aromatic heterocycles. The van der Waals surface area contributed by atoms with Gasteiger partial charge in [-0.25, -0.2) is 0 Å². The van der Waals surface area contributed by atoms with Crippen molar-refractivity contribution in [3.63, 3.8) is 0 Å². The second-order valence-electron chi connectivity index (χ2n) is 11.7. The molecule has 0 saturated carbocycles. The molecule has 0 radical (unpaired) electrons. The van der Waals surface area contributed by atoms with Gasteiger partial charge in [0.2, 0.25) is 0 Å². The van der Waals surface area contributed by atoms with E-state index < -0.39 is 0 Å². The smallest absolute Gasteiger partial charge is 0.137 e. The number of hydrogen-bond acceptors (Lipinski definition) is 3. The number of hydrogen-bond donors (Lipinski definition) is 0. The maximum atomic E-state index is 6.35. The van der Waals surface area contributed by atoms with Crippen molar-refractivity contribution in [2.45, 2.75) is 0 Å². The van der Waals surface area contributed by atoms with E-state index in [2.05, 4.69) is 132 Å². The molecular weight excluding hydrogens is 550 g/mol. The van der Waals surface area contributed by atoms with E-state index in [1.807, 2.05) is 24.3 Å². The summed E-state index contributed by atoms with van der Waals surface area (Å²) in [6.07, 6.45) is 0. The highest BCUT2D eigenvalue weighted by Gasteiger charge is 2.18. The fourth-order valence-corrected chi connectivity index (χ4v) is 7.10. The molecule has 3 nitrogen and oxygen atoms in total. The highest BCUT2D eigenvalue weighted by Crippen LogP contribution is 2.42. The predicted octanol–water partition coefficient (Wildman–Crippen LogP) is 12.4. The van der Waals surface area contributed by atoms with Crippen LogP contribution < -0.4 is 4.90 Å². The summed E-state index contributed by atoms with van der Waals surface area (Å²) in [5.74, 6) is 0. The first-order valence-corrected chi connectivity index (χ1v) is 15.3. The van der Waals surface area contributed by atoms with Gasteiger partial charge in [0.1, 0.15) is 22.3 Å². The SMILES string of the molecule is c1ccc2c(c1)ccc1c3cc(N(c4ccc5c(c4)oc4ccccc45)c4ccc5c(c4)oc4ccccc45)ccc3ccc21. The van der Waals surface area contributed by atoms with Gasteiger partial charge >= 0.3 is 0 Å². The molecule has 10 aromatic rings. The maximum Gasteiger partial charge on any atom is 0.137 e. The number of nitrogens with zero attached hydrogens (tertiary/aromatic N) is 1. The largest absolute Gasteiger partial charge is 0.456 e. The zero-order valence-electron chi connectivity index (χ0n) is 24.2. The highest BCUT2D eigenvalue weighted by molar-refractivity contribution is 6.18. The van der Waals surface area contributed by atoms with Crippen LogP contribution >= 0.6 is 0 Å². The summed E-state index contributed by atoms with van der Waals surface area (Å²) in [6, 6.07) is 53.8. The Balaban J connectivity index is 1.23. The molecule has 0 bridgehead atoms. The van der Waals surface area contributed by atoms with Gasteiger partial charge in [-0.2, -0.15) is 0 Å². The predicted molar refractivity (Wildman–Crippen MR) is 188 cm³/mol. The van der Waals surface area contributed by atoms with Crippen LogP contribution in [0.1, 0.15) is 0 Å². The van der Waals surface area contributed by atoms with E-state index in [4.69, 9.17) is 8.83 Å². The molecule has 10 rings (SSSR count). The fourth-order valence-electron chi connectivity index (χ4n) is 7.10. The van der Waals surface area contributed by atoms with Gasteiger partial charge in [0.15, 0.2) is 0 Å². The molecule has 0 atom stereocenters. The van der Waals surface area contributed by atoms with Crippen molar-refractivity contribution in [1.82, 2.24) is 0 Å². The number of benzene rings is 8. The number of furan rings is 2. The van der Waals surface area contributed by atoms with Crippen molar-refractivity contribution in [2.75, 3.05) is 4.90 Å². The molecule has 0 N–H and O–H groups in total. The third-order valence-electron chi connectivity index (χ3n) is 9.23. The summed E-state index contributed by atoms with van der Waals surface area (Å²) >= 11 is 0. The average Bonchev–Trinajstić information content (AvgIpc) is 3.65. The summed E-state index contributed by atoms with van der Waals surface area (Å²) in [6.45, 7) is 0. The Morgan fingerprint density at radius 1 is 0.289 bits per heavy atom. The van der Waals surface area contributed by atoms with Gasteiger partial charge in [0, 0.05) is 50.7 Å². The standard InChI is InChI=1S/C42H25NO2/c1-2-8-31-26(7-1)14-20-33-32(31)19-15-27-13-16-28(23-38(27)33)43(29-17-21-36-34-9-3-5-11-39(34)44-41(36)24-29)30-18-22-37-35-10-4-6-12-40(35)45-42(37)25-30/h1-25H. The van der Waals surface area contributed by atoms with Crippen LogP contribution in [0.5, 0.6) is 0 Å². The zero-order valence-corrected chi connectivity index (χ0v) is 24.2. The van der Waals surface area contributed by atoms with Gasteiger partial charge in [-0.15, -0.1) is 0 Å². The van der Waals surface area contributed by atoms with E-state index >= 15 is 0 Å². The normalized spacial score (nSPS) is 12.0. The van der Waals surface area contributed by atoms with Gasteiger partial charge in [-0.1, -0.05) is 91.0 Å². The molecule has 0 aliphatic carbocycles. The van der Waals surface area contributed by atoms with Gasteiger partial charge in [0.25, 0.3) is 0 Å². The van der Waals surface area contributed by atoms with Crippen molar-refractivity contribution in [1.29, 1.82) is 0 Å². The number of anilines is 3. The molecule has 3 heteroatoms. The van der Waals surface area contributed by atoms with Crippen LogP contribution in [0.4, 0.5) is 17.1 Å². The van der Waals surface area contributed by atoms with E-state index in [0.717, 1.165) is 60.9 Å². The second kappa shape index (κ2) is 9.22. The number of fused-ring (bicyclic) bond motifs is 11. The quantitative estimate of drug-likeness (QED) is 0.196. The summed E-state index contributed by atoms with van der Waals surface area (Å²) in [7, 11) is 0. The van der Waals surface area contributed by atoms with Gasteiger partial charge in [0.05, 0.1) is 0 Å². The lowest BCUT2D eigenvalue weighted by atomic mass is 9.96. The Labute approximate surface area is 258 Å². The van der Waals surface area contributed by atoms with E-state index in [-0.39, 0.29) is 0 Å². The third-order valence-corrected chi connectivity index (χ3v) is 9.23. The molecule has 2 heterocycles. The Hall–Kier alpha value is -6.06. The van der Waals surface area contributed by atoms with Gasteiger partial charge in [-0.05, 0) is 80.8 Å². The highest BCUT2D eigenvalue weighted by atomic mass is 16.3. The molecule has 0 fully saturated rings. The molecule has 45 heavy (non-hydrogen) atoms. The van der Waals surface area contributed by atoms with Gasteiger partial charge < -0.3 is 13.7 Å². The summed E-state index contributed by atoms with van der Waals surface area (Å²) in [5, 5.41) is 11.9. The Morgan fingerprint density at radius 2 is 0.711 bits per heavy atom. The van der Waals surface area contributed by atoms with E-state index in [1.54, 1.807) is 0 Å². The van der Waals surface area contributed by atoms with Crippen LogP contribution in [-0.2, 0) is 0 Å². The molecule has 0 aliphatic rings. The zero-order chi connectivity index (χ0) is 29.5. The second-order valence-corrected chi connectivity index (χ2v) is 11.7. The molecule has 0 spiro atoms. The lowest BCUT2D eigenvalue weighted by Gasteiger charge is -2.26. The molecule has 0 amide bonds. The van der Waals surface area contributed by atoms with Crippen molar-refractivity contribution in [3.05, 3.63) is 152 Å². The van der Waals surface area contributed by atoms with E-state index in [9.17, 15) is 0 Å². The fraction of sp³-hybridized carbons (Fsp3) is 0. The van der Waals surface area contributed by atoms with Crippen molar-refractivity contribution >= 4 is 93.3 Å². The van der Waals surface area contributed by atoms with E-state index in [0.29, 0.717) is 0 Å². The van der Waals surface area contributed by atoms with Crippen LogP contribution in [-0.4, -0.2) is 0 Å². The summed E-state index contributed by atoms with van der Waals surface area (Å²) < 4.78 is 12.7. The number of para-hydroxylation sites is 2. The van der Waals surface area contributed by atoms with Crippen LogP contribution in [0.3, 0.4) is 0 Å². The van der Waals surface area contributed by atoms with Gasteiger partial charge in [-0.3, -0.25) is 0 Å². The Morgan fingerprint density at radius 3 is 1.36 bits per heavy atom. The van der Waals surface area contributed by atoms with E-state index in [1.165, 1.54) is 32.3 Å². The van der Waals surface area contributed by atoms with Crippen LogP contribution in [0.2, 0.25) is 0 Å². The molecule has 0 unspecified atom stereocenters. The van der Waals surface area contributed by atoms with Crippen molar-refractivity contribution in [3.8, 4) is 0 Å². The summed E-state index contributed by atoms with van der Waals surface area (Å²) in [4.78, 5) is 2.30. The lowest BCUT2D eigenvalue weighted by molar-refractivity contribution is 0.669. The van der Waals surface area contributed by atoms with Crippen molar-refractivity contribution in [2.24, 2.45) is 0 Å². The first-order chi connectivity index (χ1) is 22.3. The summed E-state index contributed by atoms with van der Waals surface area (Å²) in [5.41, 5.74) is 6.61. The third kappa shape index (κ3) is 3.65. The van der Waals surface area contributed by atoms with Crippen LogP contribution in [0, 0.1) is 0 Å². The number of rotatable bonds is 3. The molecule has 0 aliphatic heterocycles. The van der Waals surface area contributed by atoms with Crippen molar-refractivity contribution < 1.29 is 8.83 Å². The molecule has 210 valence electrons. The Bertz CT molecular complexity index is 2670. The van der Waals surface area contributed by atoms with Crippen LogP contribution in [0.15, 0.2) is 160 Å². The minimum atomic E-state index is 0.862. The average molecular weight is 576 g/mol. The molecule has 8 aromatic carbocycles. The maximum absolute atomic E-state index is 6.35.